The highest BCUT2D eigenvalue weighted by atomic mass is 14.0. The van der Waals surface area contributed by atoms with Crippen LogP contribution in [-0.4, -0.2) is 0 Å². The fraction of sp³-hybridized carbons (Fsp3) is 0.333. The zero-order valence-corrected chi connectivity index (χ0v) is 10.00. The first-order valence-electron chi connectivity index (χ1n) is 5.47. The van der Waals surface area contributed by atoms with Crippen LogP contribution < -0.4 is 0 Å². The third kappa shape index (κ3) is 6.73. The molecule has 0 atom stereocenters. The van der Waals surface area contributed by atoms with E-state index < -0.39 is 0 Å². The van der Waals surface area contributed by atoms with Gasteiger partial charge in [0, 0.05) is 0 Å². The van der Waals surface area contributed by atoms with Gasteiger partial charge in [-0.15, -0.1) is 6.58 Å². The third-order valence-electron chi connectivity index (χ3n) is 2.27. The van der Waals surface area contributed by atoms with Crippen LogP contribution in [-0.2, 0) is 0 Å². The summed E-state index contributed by atoms with van der Waals surface area (Å²) in [4.78, 5) is 0. The Morgan fingerprint density at radius 1 is 1.20 bits per heavy atom. The molecule has 0 aromatic carbocycles. The molecule has 0 nitrogen and oxygen atoms in total. The van der Waals surface area contributed by atoms with Crippen LogP contribution in [0, 0.1) is 0 Å². The highest BCUT2D eigenvalue weighted by molar-refractivity contribution is 5.27. The van der Waals surface area contributed by atoms with Crippen LogP contribution in [0.15, 0.2) is 60.8 Å². The van der Waals surface area contributed by atoms with Crippen molar-refractivity contribution >= 4 is 0 Å². The van der Waals surface area contributed by atoms with Crippen molar-refractivity contribution < 1.29 is 0 Å². The van der Waals surface area contributed by atoms with Crippen molar-refractivity contribution in [1.82, 2.24) is 0 Å². The van der Waals surface area contributed by atoms with E-state index in [0.717, 1.165) is 19.3 Å². The maximum Gasteiger partial charge on any atom is -0.00673 e. The molecule has 0 heteroatoms. The van der Waals surface area contributed by atoms with Gasteiger partial charge in [0.25, 0.3) is 0 Å². The molecule has 0 fully saturated rings. The number of hydrogen-bond donors (Lipinski definition) is 0. The summed E-state index contributed by atoms with van der Waals surface area (Å²) in [7, 11) is 0. The molecule has 0 aliphatic heterocycles. The summed E-state index contributed by atoms with van der Waals surface area (Å²) in [6.07, 6.45) is 15.4. The van der Waals surface area contributed by atoms with E-state index in [4.69, 9.17) is 0 Å². The van der Waals surface area contributed by atoms with Crippen molar-refractivity contribution in [3.8, 4) is 0 Å². The minimum atomic E-state index is 0.998. The number of allylic oxidation sites excluding steroid dienone is 8. The zero-order valence-electron chi connectivity index (χ0n) is 10.00. The van der Waals surface area contributed by atoms with Crippen molar-refractivity contribution in [2.45, 2.75) is 33.1 Å². The molecule has 0 amide bonds. The Morgan fingerprint density at radius 3 is 2.40 bits per heavy atom. The lowest BCUT2D eigenvalue weighted by atomic mass is 10.0. The largest absolute Gasteiger partial charge is 0.103 e. The van der Waals surface area contributed by atoms with Gasteiger partial charge in [0.1, 0.15) is 0 Å². The van der Waals surface area contributed by atoms with Gasteiger partial charge in [-0.25, -0.2) is 0 Å². The summed E-state index contributed by atoms with van der Waals surface area (Å²) in [5, 5.41) is 0. The first kappa shape index (κ1) is 13.7. The smallest absolute Gasteiger partial charge is 0.00673 e. The Balaban J connectivity index is 4.37. The molecule has 0 aliphatic carbocycles. The van der Waals surface area contributed by atoms with Crippen molar-refractivity contribution in [3.05, 3.63) is 60.8 Å². The van der Waals surface area contributed by atoms with E-state index in [2.05, 4.69) is 38.3 Å². The quantitative estimate of drug-likeness (QED) is 0.403. The molecule has 0 heterocycles. The molecule has 15 heavy (non-hydrogen) atoms. The predicted molar refractivity (Wildman–Crippen MR) is 70.9 cm³/mol. The highest BCUT2D eigenvalue weighted by Gasteiger charge is 1.97. The van der Waals surface area contributed by atoms with Crippen LogP contribution in [0.4, 0.5) is 0 Å². The van der Waals surface area contributed by atoms with Crippen LogP contribution in [0.5, 0.6) is 0 Å². The van der Waals surface area contributed by atoms with Gasteiger partial charge >= 0.3 is 0 Å². The van der Waals surface area contributed by atoms with E-state index in [1.54, 1.807) is 0 Å². The fourth-order valence-corrected chi connectivity index (χ4v) is 1.30. The molecule has 0 aliphatic rings. The first-order chi connectivity index (χ1) is 7.28. The van der Waals surface area contributed by atoms with Gasteiger partial charge in [-0.1, -0.05) is 48.6 Å². The Hall–Kier alpha value is -1.30. The number of hydrogen-bond acceptors (Lipinski definition) is 0. The summed E-state index contributed by atoms with van der Waals surface area (Å²) in [5.74, 6) is 0. The molecule has 0 aromatic heterocycles. The average molecular weight is 202 g/mol. The van der Waals surface area contributed by atoms with Crippen LogP contribution >= 0.6 is 0 Å². The molecule has 0 rings (SSSR count). The Morgan fingerprint density at radius 2 is 1.93 bits per heavy atom. The van der Waals surface area contributed by atoms with E-state index in [9.17, 15) is 0 Å². The van der Waals surface area contributed by atoms with Crippen LogP contribution in [0.2, 0.25) is 0 Å². The Bertz CT molecular complexity index is 274. The zero-order chi connectivity index (χ0) is 11.5. The van der Waals surface area contributed by atoms with Crippen LogP contribution in [0.1, 0.15) is 33.1 Å². The topological polar surface area (TPSA) is 0 Å². The maximum atomic E-state index is 3.83. The van der Waals surface area contributed by atoms with Crippen LogP contribution in [0.25, 0.3) is 0 Å². The van der Waals surface area contributed by atoms with Gasteiger partial charge in [-0.05, 0) is 38.7 Å². The molecule has 82 valence electrons. The lowest BCUT2D eigenvalue weighted by Gasteiger charge is -2.05. The van der Waals surface area contributed by atoms with Gasteiger partial charge < -0.3 is 0 Å². The van der Waals surface area contributed by atoms with Crippen molar-refractivity contribution in [2.75, 3.05) is 0 Å². The second kappa shape index (κ2) is 9.26. The normalized spacial score (nSPS) is 13.2. The summed E-state index contributed by atoms with van der Waals surface area (Å²) in [6, 6.07) is 0. The minimum absolute atomic E-state index is 0.998. The van der Waals surface area contributed by atoms with Crippen molar-refractivity contribution in [1.29, 1.82) is 0 Å². The first-order valence-corrected chi connectivity index (χ1v) is 5.47. The molecular weight excluding hydrogens is 180 g/mol. The van der Waals surface area contributed by atoms with E-state index in [1.807, 2.05) is 25.2 Å². The molecule has 0 unspecified atom stereocenters. The van der Waals surface area contributed by atoms with Crippen molar-refractivity contribution in [2.24, 2.45) is 0 Å². The molecule has 0 bridgehead atoms. The van der Waals surface area contributed by atoms with Gasteiger partial charge in [0.2, 0.25) is 0 Å². The minimum Gasteiger partial charge on any atom is -0.103 e. The average Bonchev–Trinajstić information content (AvgIpc) is 2.28. The monoisotopic (exact) mass is 202 g/mol. The van der Waals surface area contributed by atoms with E-state index >= 15 is 0 Å². The predicted octanol–water partition coefficient (Wildman–Crippen LogP) is 4.98. The number of rotatable bonds is 7. The molecule has 0 radical (unpaired) electrons. The molecule has 0 spiro atoms. The third-order valence-corrected chi connectivity index (χ3v) is 2.27. The van der Waals surface area contributed by atoms with Gasteiger partial charge in [-0.3, -0.25) is 0 Å². The summed E-state index contributed by atoms with van der Waals surface area (Å²) in [6.45, 7) is 11.7. The van der Waals surface area contributed by atoms with Crippen LogP contribution in [0.3, 0.4) is 0 Å². The molecule has 0 N–H and O–H groups in total. The molecule has 0 aromatic rings. The van der Waals surface area contributed by atoms with Gasteiger partial charge in [0.15, 0.2) is 0 Å². The standard InChI is InChI=1S/C15H22/c1-5-9-11-14(7-3)13-15(8-4)12-10-6-2/h5-8,10,12H,1,4,9,11,13H2,2-3H3/b10-6-,14-7+,15-12+. The summed E-state index contributed by atoms with van der Waals surface area (Å²) >= 11 is 0. The van der Waals surface area contributed by atoms with E-state index in [0.29, 0.717) is 0 Å². The van der Waals surface area contributed by atoms with E-state index in [-0.39, 0.29) is 0 Å². The lowest BCUT2D eigenvalue weighted by molar-refractivity contribution is 0.925. The Labute approximate surface area is 94.4 Å². The maximum absolute atomic E-state index is 3.83. The van der Waals surface area contributed by atoms with Gasteiger partial charge in [0.05, 0.1) is 0 Å². The van der Waals surface area contributed by atoms with Crippen molar-refractivity contribution in [3.63, 3.8) is 0 Å². The highest BCUT2D eigenvalue weighted by Crippen LogP contribution is 2.17. The second-order valence-electron chi connectivity index (χ2n) is 3.42. The molecular formula is C15H22. The molecule has 0 saturated carbocycles. The second-order valence-corrected chi connectivity index (χ2v) is 3.42. The lowest BCUT2D eigenvalue weighted by Crippen LogP contribution is -1.86. The summed E-state index contributed by atoms with van der Waals surface area (Å²) < 4.78 is 0. The molecule has 0 saturated heterocycles. The SMILES string of the molecule is C=CCC/C(=C\C)C/C(C=C)=C/C=C\C. The van der Waals surface area contributed by atoms with Gasteiger partial charge in [-0.2, -0.15) is 0 Å². The van der Waals surface area contributed by atoms with E-state index in [1.165, 1.54) is 11.1 Å². The summed E-state index contributed by atoms with van der Waals surface area (Å²) in [5.41, 5.74) is 2.72. The Kier molecular flexibility index (Phi) is 8.46. The fourth-order valence-electron chi connectivity index (χ4n) is 1.30.